The lowest BCUT2D eigenvalue weighted by Crippen LogP contribution is -2.22. The van der Waals surface area contributed by atoms with Crippen molar-refractivity contribution in [1.82, 2.24) is 10.3 Å². The summed E-state index contributed by atoms with van der Waals surface area (Å²) in [7, 11) is 0. The van der Waals surface area contributed by atoms with Gasteiger partial charge >= 0.3 is 0 Å². The van der Waals surface area contributed by atoms with Crippen molar-refractivity contribution in [1.29, 1.82) is 0 Å². The van der Waals surface area contributed by atoms with Crippen molar-refractivity contribution < 1.29 is 19.4 Å². The number of nitrogens with zero attached hydrogens (tertiary/aromatic N) is 1. The Morgan fingerprint density at radius 2 is 1.92 bits per heavy atom. The molecule has 4 aromatic rings. The van der Waals surface area contributed by atoms with E-state index in [9.17, 15) is 14.7 Å². The van der Waals surface area contributed by atoms with Gasteiger partial charge in [0.2, 0.25) is 0 Å². The average Bonchev–Trinajstić information content (AvgIpc) is 3.35. The van der Waals surface area contributed by atoms with Crippen molar-refractivity contribution in [3.05, 3.63) is 88.9 Å². The number of nitrogens with one attached hydrogen (secondary N) is 2. The van der Waals surface area contributed by atoms with Crippen LogP contribution in [0.3, 0.4) is 0 Å². The number of carbonyl (C=O) groups is 2. The van der Waals surface area contributed by atoms with Crippen LogP contribution in [0.2, 0.25) is 0 Å². The molecule has 0 bridgehead atoms. The number of aliphatic hydroxyl groups is 1. The molecule has 0 aliphatic carbocycles. The Balaban J connectivity index is 1.20. The molecule has 0 saturated carbocycles. The fourth-order valence-corrected chi connectivity index (χ4v) is 5.57. The van der Waals surface area contributed by atoms with Crippen molar-refractivity contribution in [3.8, 4) is 16.3 Å². The normalized spacial score (nSPS) is 13.1. The molecule has 2 amide bonds. The minimum atomic E-state index is -0.475. The molecule has 3 aromatic carbocycles. The highest BCUT2D eigenvalue weighted by molar-refractivity contribution is 7.99. The first-order chi connectivity index (χ1) is 18.0. The molecule has 9 heteroatoms. The number of thiazole rings is 1. The molecule has 1 aliphatic rings. The van der Waals surface area contributed by atoms with Crippen molar-refractivity contribution >= 4 is 40.6 Å². The molecular weight excluding hydrogens is 506 g/mol. The lowest BCUT2D eigenvalue weighted by molar-refractivity contribution is 0.0949. The van der Waals surface area contributed by atoms with Gasteiger partial charge in [-0.15, -0.1) is 11.3 Å². The van der Waals surface area contributed by atoms with Crippen LogP contribution >= 0.6 is 23.1 Å². The van der Waals surface area contributed by atoms with Crippen molar-refractivity contribution in [3.63, 3.8) is 0 Å². The van der Waals surface area contributed by atoms with E-state index in [4.69, 9.17) is 4.74 Å². The third-order valence-corrected chi connectivity index (χ3v) is 8.03. The van der Waals surface area contributed by atoms with Gasteiger partial charge in [0.1, 0.15) is 17.4 Å². The monoisotopic (exact) mass is 531 g/mol. The molecule has 1 unspecified atom stereocenters. The fourth-order valence-electron chi connectivity index (χ4n) is 3.71. The summed E-state index contributed by atoms with van der Waals surface area (Å²) >= 11 is 3.01. The van der Waals surface area contributed by atoms with Crippen LogP contribution in [-0.2, 0) is 6.54 Å². The summed E-state index contributed by atoms with van der Waals surface area (Å²) in [4.78, 5) is 32.7. The molecule has 1 atom stereocenters. The number of aliphatic hydroxyl groups excluding tert-OH is 1. The van der Waals surface area contributed by atoms with Gasteiger partial charge in [0.15, 0.2) is 0 Å². The molecule has 0 spiro atoms. The molecule has 5 rings (SSSR count). The Kier molecular flexibility index (Phi) is 7.55. The van der Waals surface area contributed by atoms with E-state index >= 15 is 0 Å². The predicted octanol–water partition coefficient (Wildman–Crippen LogP) is 5.61. The molecule has 37 heavy (non-hydrogen) atoms. The molecule has 0 saturated heterocycles. The van der Waals surface area contributed by atoms with E-state index in [0.29, 0.717) is 35.5 Å². The number of ether oxygens (including phenoxy) is 1. The highest BCUT2D eigenvalue weighted by atomic mass is 32.2. The molecule has 0 fully saturated rings. The van der Waals surface area contributed by atoms with Gasteiger partial charge in [0, 0.05) is 32.0 Å². The number of fused-ring (bicyclic) bond motifs is 2. The zero-order chi connectivity index (χ0) is 25.8. The minimum absolute atomic E-state index is 0.185. The quantitative estimate of drug-likeness (QED) is 0.273. The number of benzene rings is 3. The van der Waals surface area contributed by atoms with E-state index < -0.39 is 6.10 Å². The van der Waals surface area contributed by atoms with Gasteiger partial charge in [-0.1, -0.05) is 30.8 Å². The highest BCUT2D eigenvalue weighted by Gasteiger charge is 2.20. The Morgan fingerprint density at radius 3 is 2.73 bits per heavy atom. The van der Waals surface area contributed by atoms with Gasteiger partial charge in [-0.25, -0.2) is 4.98 Å². The molecule has 1 aliphatic heterocycles. The number of aromatic nitrogens is 1. The van der Waals surface area contributed by atoms with Gasteiger partial charge in [0.05, 0.1) is 23.9 Å². The van der Waals surface area contributed by atoms with Gasteiger partial charge in [-0.3, -0.25) is 9.59 Å². The topological polar surface area (TPSA) is 101 Å². The maximum atomic E-state index is 12.9. The average molecular weight is 532 g/mol. The number of carbonyl (C=O) groups excluding carboxylic acids is 2. The Bertz CT molecular complexity index is 1440. The standard InChI is InChI=1S/C28H25N3O4S2/c1-2-19(32)16-35-20-10-7-17(8-11-20)28-30-15-21(36-28)14-29-26(33)18-9-12-25-23(13-18)31-27(34)22-5-3-4-6-24(22)37-25/h3-13,15,19,32H,2,14,16H2,1H3,(H,29,33)(H,31,34). The molecule has 7 nitrogen and oxygen atoms in total. The molecule has 188 valence electrons. The van der Waals surface area contributed by atoms with Gasteiger partial charge in [0.25, 0.3) is 11.8 Å². The Hall–Kier alpha value is -3.66. The molecular formula is C28H25N3O4S2. The second-order valence-corrected chi connectivity index (χ2v) is 10.7. The Labute approximate surface area is 222 Å². The summed E-state index contributed by atoms with van der Waals surface area (Å²) in [6, 6.07) is 20.3. The van der Waals surface area contributed by atoms with Crippen LogP contribution in [0.5, 0.6) is 5.75 Å². The van der Waals surface area contributed by atoms with Crippen molar-refractivity contribution in [2.45, 2.75) is 35.8 Å². The van der Waals surface area contributed by atoms with E-state index in [1.165, 1.54) is 23.1 Å². The smallest absolute Gasteiger partial charge is 0.256 e. The van der Waals surface area contributed by atoms with E-state index in [2.05, 4.69) is 15.6 Å². The number of hydrogen-bond acceptors (Lipinski definition) is 7. The van der Waals surface area contributed by atoms with Gasteiger partial charge in [-0.2, -0.15) is 0 Å². The third-order valence-electron chi connectivity index (χ3n) is 5.83. The van der Waals surface area contributed by atoms with Crippen LogP contribution in [-0.4, -0.2) is 34.6 Å². The summed E-state index contributed by atoms with van der Waals surface area (Å²) in [5, 5.41) is 16.3. The zero-order valence-electron chi connectivity index (χ0n) is 20.1. The maximum Gasteiger partial charge on any atom is 0.256 e. The van der Waals surface area contributed by atoms with Crippen molar-refractivity contribution in [2.24, 2.45) is 0 Å². The van der Waals surface area contributed by atoms with Crippen LogP contribution in [0.25, 0.3) is 10.6 Å². The van der Waals surface area contributed by atoms with E-state index in [1.807, 2.05) is 55.5 Å². The summed E-state index contributed by atoms with van der Waals surface area (Å²) in [6.07, 6.45) is 1.93. The summed E-state index contributed by atoms with van der Waals surface area (Å²) in [6.45, 7) is 2.52. The van der Waals surface area contributed by atoms with Crippen LogP contribution < -0.4 is 15.4 Å². The SMILES string of the molecule is CCC(O)COc1ccc(-c2ncc(CNC(=O)c3ccc4c(c3)NC(=O)c3ccccc3S4)s2)cc1. The Morgan fingerprint density at radius 1 is 1.11 bits per heavy atom. The van der Waals surface area contributed by atoms with Gasteiger partial charge in [-0.05, 0) is 61.0 Å². The number of amides is 2. The van der Waals surface area contributed by atoms with Crippen molar-refractivity contribution in [2.75, 3.05) is 11.9 Å². The second-order valence-electron chi connectivity index (χ2n) is 8.48. The zero-order valence-corrected chi connectivity index (χ0v) is 21.7. The highest BCUT2D eigenvalue weighted by Crippen LogP contribution is 2.39. The third kappa shape index (κ3) is 5.85. The van der Waals surface area contributed by atoms with Crippen LogP contribution in [0.1, 0.15) is 38.9 Å². The predicted molar refractivity (Wildman–Crippen MR) is 145 cm³/mol. The van der Waals surface area contributed by atoms with E-state index in [1.54, 1.807) is 24.4 Å². The van der Waals surface area contributed by atoms with Crippen LogP contribution in [0.4, 0.5) is 5.69 Å². The summed E-state index contributed by atoms with van der Waals surface area (Å²) in [5.41, 5.74) is 2.66. The number of hydrogen-bond donors (Lipinski definition) is 3. The lowest BCUT2D eigenvalue weighted by atomic mass is 10.1. The fraction of sp³-hybridized carbons (Fsp3) is 0.179. The lowest BCUT2D eigenvalue weighted by Gasteiger charge is -2.10. The first-order valence-electron chi connectivity index (χ1n) is 11.9. The van der Waals surface area contributed by atoms with E-state index in [0.717, 1.165) is 25.2 Å². The van der Waals surface area contributed by atoms with Gasteiger partial charge < -0.3 is 20.5 Å². The number of anilines is 1. The van der Waals surface area contributed by atoms with E-state index in [-0.39, 0.29) is 18.4 Å². The second kappa shape index (κ2) is 11.2. The summed E-state index contributed by atoms with van der Waals surface area (Å²) < 4.78 is 5.59. The van der Waals surface area contributed by atoms with Crippen LogP contribution in [0, 0.1) is 0 Å². The first-order valence-corrected chi connectivity index (χ1v) is 13.5. The van der Waals surface area contributed by atoms with Crippen LogP contribution in [0.15, 0.2) is 82.7 Å². The molecule has 1 aromatic heterocycles. The minimum Gasteiger partial charge on any atom is -0.491 e. The summed E-state index contributed by atoms with van der Waals surface area (Å²) in [5.74, 6) is 0.281. The molecule has 0 radical (unpaired) electrons. The first kappa shape index (κ1) is 25.0. The molecule has 2 heterocycles. The number of rotatable bonds is 8. The molecule has 3 N–H and O–H groups in total. The maximum absolute atomic E-state index is 12.9. The largest absolute Gasteiger partial charge is 0.491 e.